The molecule has 0 saturated carbocycles. The lowest BCUT2D eigenvalue weighted by atomic mass is 9.97. The molecular formula is C26H27N3O2. The fourth-order valence-electron chi connectivity index (χ4n) is 3.89. The van der Waals surface area contributed by atoms with E-state index in [0.29, 0.717) is 17.7 Å². The maximum atomic E-state index is 12.8. The van der Waals surface area contributed by atoms with Crippen LogP contribution >= 0.6 is 0 Å². The standard InChI is InChI=1S/C26H27N3O2/c1-18-22(19(2)28-26(31)23(18)17-27)14-16-25(30)29-24(21-11-7-4-8-12-21)15-13-20-9-5-3-6-10-20/h3-12,24H,13-16H2,1-2H3,(H,28,31)(H,29,30). The van der Waals surface area contributed by atoms with Crippen LogP contribution in [0.4, 0.5) is 0 Å². The number of amides is 1. The largest absolute Gasteiger partial charge is 0.349 e. The van der Waals surface area contributed by atoms with Crippen molar-refractivity contribution >= 4 is 5.91 Å². The van der Waals surface area contributed by atoms with Gasteiger partial charge < -0.3 is 10.3 Å². The Morgan fingerprint density at radius 2 is 1.68 bits per heavy atom. The minimum atomic E-state index is -0.379. The number of nitrogens with one attached hydrogen (secondary N) is 2. The number of carbonyl (C=O) groups is 1. The smallest absolute Gasteiger partial charge is 0.266 e. The van der Waals surface area contributed by atoms with Crippen LogP contribution in [0.1, 0.15) is 52.4 Å². The molecule has 1 heterocycles. The van der Waals surface area contributed by atoms with Crippen LogP contribution < -0.4 is 10.9 Å². The number of pyridine rings is 1. The molecule has 1 amide bonds. The van der Waals surface area contributed by atoms with Gasteiger partial charge in [-0.2, -0.15) is 5.26 Å². The maximum absolute atomic E-state index is 12.8. The Morgan fingerprint density at radius 3 is 2.32 bits per heavy atom. The van der Waals surface area contributed by atoms with Crippen LogP contribution in [-0.2, 0) is 17.6 Å². The monoisotopic (exact) mass is 413 g/mol. The van der Waals surface area contributed by atoms with E-state index in [2.05, 4.69) is 22.4 Å². The van der Waals surface area contributed by atoms with E-state index >= 15 is 0 Å². The van der Waals surface area contributed by atoms with Gasteiger partial charge in [-0.05, 0) is 55.4 Å². The quantitative estimate of drug-likeness (QED) is 0.578. The van der Waals surface area contributed by atoms with Gasteiger partial charge in [0, 0.05) is 12.1 Å². The number of carbonyl (C=O) groups excluding carboxylic acids is 1. The Labute approximate surface area is 182 Å². The molecule has 1 atom stereocenters. The number of nitriles is 1. The number of aryl methyl sites for hydroxylation is 2. The van der Waals surface area contributed by atoms with E-state index < -0.39 is 0 Å². The van der Waals surface area contributed by atoms with Gasteiger partial charge in [0.2, 0.25) is 5.91 Å². The van der Waals surface area contributed by atoms with Gasteiger partial charge in [0.15, 0.2) is 0 Å². The zero-order chi connectivity index (χ0) is 22.2. The van der Waals surface area contributed by atoms with Gasteiger partial charge in [-0.15, -0.1) is 0 Å². The van der Waals surface area contributed by atoms with Gasteiger partial charge in [0.1, 0.15) is 11.6 Å². The molecule has 2 aromatic carbocycles. The van der Waals surface area contributed by atoms with Crippen LogP contribution in [0.15, 0.2) is 65.5 Å². The molecule has 0 fully saturated rings. The summed E-state index contributed by atoms with van der Waals surface area (Å²) in [6.07, 6.45) is 2.42. The Morgan fingerprint density at radius 1 is 1.03 bits per heavy atom. The van der Waals surface area contributed by atoms with Crippen LogP contribution in [-0.4, -0.2) is 10.9 Å². The first-order chi connectivity index (χ1) is 15.0. The first kappa shape index (κ1) is 22.0. The van der Waals surface area contributed by atoms with Crippen molar-refractivity contribution in [3.05, 3.63) is 105 Å². The number of hydrogen-bond acceptors (Lipinski definition) is 3. The Bertz CT molecular complexity index is 1130. The number of hydrogen-bond donors (Lipinski definition) is 2. The summed E-state index contributed by atoms with van der Waals surface area (Å²) in [6.45, 7) is 3.57. The lowest BCUT2D eigenvalue weighted by Gasteiger charge is -2.20. The fourth-order valence-corrected chi connectivity index (χ4v) is 3.89. The maximum Gasteiger partial charge on any atom is 0.266 e. The molecule has 0 aliphatic carbocycles. The number of nitrogens with zero attached hydrogens (tertiary/aromatic N) is 1. The highest BCUT2D eigenvalue weighted by atomic mass is 16.1. The van der Waals surface area contributed by atoms with Gasteiger partial charge in [-0.3, -0.25) is 9.59 Å². The van der Waals surface area contributed by atoms with E-state index in [0.717, 1.165) is 24.0 Å². The van der Waals surface area contributed by atoms with E-state index in [1.807, 2.05) is 54.6 Å². The molecule has 3 aromatic rings. The van der Waals surface area contributed by atoms with Crippen LogP contribution in [0.25, 0.3) is 0 Å². The molecule has 1 unspecified atom stereocenters. The summed E-state index contributed by atoms with van der Waals surface area (Å²) in [4.78, 5) is 27.4. The molecule has 0 bridgehead atoms. The van der Waals surface area contributed by atoms with Gasteiger partial charge in [-0.1, -0.05) is 60.7 Å². The molecule has 3 rings (SSSR count). The zero-order valence-electron chi connectivity index (χ0n) is 17.9. The third kappa shape index (κ3) is 5.70. The average Bonchev–Trinajstić information content (AvgIpc) is 2.78. The van der Waals surface area contributed by atoms with Gasteiger partial charge in [0.05, 0.1) is 6.04 Å². The fraction of sp³-hybridized carbons (Fsp3) is 0.269. The Balaban J connectivity index is 1.70. The second-order valence-corrected chi connectivity index (χ2v) is 7.72. The number of rotatable bonds is 8. The normalized spacial score (nSPS) is 11.5. The summed E-state index contributed by atoms with van der Waals surface area (Å²) in [5.74, 6) is -0.0505. The van der Waals surface area contributed by atoms with Gasteiger partial charge >= 0.3 is 0 Å². The highest BCUT2D eigenvalue weighted by molar-refractivity contribution is 5.76. The van der Waals surface area contributed by atoms with Crippen LogP contribution in [0.3, 0.4) is 0 Å². The third-order valence-corrected chi connectivity index (χ3v) is 5.62. The summed E-state index contributed by atoms with van der Waals surface area (Å²) in [5.41, 5.74) is 4.27. The minimum absolute atomic E-state index is 0.0505. The lowest BCUT2D eigenvalue weighted by molar-refractivity contribution is -0.121. The van der Waals surface area contributed by atoms with Crippen molar-refractivity contribution in [1.82, 2.24) is 10.3 Å². The predicted molar refractivity (Wildman–Crippen MR) is 122 cm³/mol. The van der Waals surface area contributed by atoms with Gasteiger partial charge in [0.25, 0.3) is 5.56 Å². The zero-order valence-corrected chi connectivity index (χ0v) is 17.9. The molecule has 5 nitrogen and oxygen atoms in total. The van der Waals surface area contributed by atoms with E-state index in [9.17, 15) is 14.9 Å². The number of benzene rings is 2. The topological polar surface area (TPSA) is 85.8 Å². The number of aromatic amines is 1. The number of aromatic nitrogens is 1. The minimum Gasteiger partial charge on any atom is -0.349 e. The molecule has 158 valence electrons. The molecular weight excluding hydrogens is 386 g/mol. The molecule has 2 N–H and O–H groups in total. The van der Waals surface area contributed by atoms with Crippen LogP contribution in [0, 0.1) is 25.2 Å². The first-order valence-corrected chi connectivity index (χ1v) is 10.5. The molecule has 0 aliphatic rings. The summed E-state index contributed by atoms with van der Waals surface area (Å²) in [7, 11) is 0. The first-order valence-electron chi connectivity index (χ1n) is 10.5. The molecule has 0 radical (unpaired) electrons. The van der Waals surface area contributed by atoms with Crippen molar-refractivity contribution in [2.45, 2.75) is 45.6 Å². The summed E-state index contributed by atoms with van der Waals surface area (Å²) < 4.78 is 0. The van der Waals surface area contributed by atoms with Crippen molar-refractivity contribution in [3.8, 4) is 6.07 Å². The summed E-state index contributed by atoms with van der Waals surface area (Å²) in [5, 5.41) is 12.4. The van der Waals surface area contributed by atoms with E-state index in [4.69, 9.17) is 0 Å². The molecule has 0 saturated heterocycles. The van der Waals surface area contributed by atoms with Crippen molar-refractivity contribution in [3.63, 3.8) is 0 Å². The Hall–Kier alpha value is -3.65. The van der Waals surface area contributed by atoms with Crippen molar-refractivity contribution < 1.29 is 4.79 Å². The summed E-state index contributed by atoms with van der Waals surface area (Å²) in [6, 6.07) is 22.1. The lowest BCUT2D eigenvalue weighted by Crippen LogP contribution is -2.29. The highest BCUT2D eigenvalue weighted by Gasteiger charge is 2.17. The third-order valence-electron chi connectivity index (χ3n) is 5.62. The number of H-pyrrole nitrogens is 1. The van der Waals surface area contributed by atoms with E-state index in [1.165, 1.54) is 5.56 Å². The highest BCUT2D eigenvalue weighted by Crippen LogP contribution is 2.20. The van der Waals surface area contributed by atoms with Crippen LogP contribution in [0.5, 0.6) is 0 Å². The van der Waals surface area contributed by atoms with Crippen molar-refractivity contribution in [2.75, 3.05) is 0 Å². The molecule has 0 spiro atoms. The Kier molecular flexibility index (Phi) is 7.40. The second kappa shape index (κ2) is 10.4. The predicted octanol–water partition coefficient (Wildman–Crippen LogP) is 4.29. The molecule has 5 heteroatoms. The van der Waals surface area contributed by atoms with E-state index in [1.54, 1.807) is 13.8 Å². The molecule has 0 aliphatic heterocycles. The average molecular weight is 414 g/mol. The van der Waals surface area contributed by atoms with E-state index in [-0.39, 0.29) is 29.5 Å². The summed E-state index contributed by atoms with van der Waals surface area (Å²) >= 11 is 0. The molecule has 31 heavy (non-hydrogen) atoms. The second-order valence-electron chi connectivity index (χ2n) is 7.72. The van der Waals surface area contributed by atoms with Crippen molar-refractivity contribution in [1.29, 1.82) is 5.26 Å². The van der Waals surface area contributed by atoms with Crippen LogP contribution in [0.2, 0.25) is 0 Å². The SMILES string of the molecule is Cc1[nH]c(=O)c(C#N)c(C)c1CCC(=O)NC(CCc1ccccc1)c1ccccc1. The molecule has 1 aromatic heterocycles. The van der Waals surface area contributed by atoms with Gasteiger partial charge in [-0.25, -0.2) is 0 Å². The van der Waals surface area contributed by atoms with Crippen molar-refractivity contribution in [2.24, 2.45) is 0 Å².